The molecule has 10 aromatic rings. The molecular weight excluding hydrogens is 649 g/mol. The van der Waals surface area contributed by atoms with Crippen molar-refractivity contribution < 1.29 is 8.78 Å². The average Bonchev–Trinajstić information content (AvgIpc) is 3.72. The molecule has 246 valence electrons. The van der Waals surface area contributed by atoms with Crippen LogP contribution in [0.5, 0.6) is 0 Å². The van der Waals surface area contributed by atoms with Gasteiger partial charge in [0.2, 0.25) is 0 Å². The van der Waals surface area contributed by atoms with Gasteiger partial charge in [-0.05, 0) is 54.6 Å². The lowest BCUT2D eigenvalue weighted by Crippen LogP contribution is -2.00. The molecule has 0 N–H and O–H groups in total. The molecule has 7 aromatic carbocycles. The maximum atomic E-state index is 14.7. The number of para-hydroxylation sites is 2. The molecule has 52 heavy (non-hydrogen) atoms. The van der Waals surface area contributed by atoms with E-state index in [4.69, 9.17) is 15.0 Å². The summed E-state index contributed by atoms with van der Waals surface area (Å²) in [6.07, 6.45) is 0. The zero-order valence-electron chi connectivity index (χ0n) is 27.6. The van der Waals surface area contributed by atoms with Gasteiger partial charge in [-0.1, -0.05) is 103 Å². The lowest BCUT2D eigenvalue weighted by molar-refractivity contribution is 0.508. The molecule has 0 unspecified atom stereocenters. The van der Waals surface area contributed by atoms with E-state index >= 15 is 0 Å². The molecule has 5 nitrogen and oxygen atoms in total. The second-order valence-corrected chi connectivity index (χ2v) is 12.7. The Labute approximate surface area is 296 Å². The number of aromatic nitrogens is 5. The van der Waals surface area contributed by atoms with E-state index in [1.165, 1.54) is 12.1 Å². The van der Waals surface area contributed by atoms with Crippen molar-refractivity contribution in [3.8, 4) is 45.5 Å². The van der Waals surface area contributed by atoms with Crippen LogP contribution in [-0.2, 0) is 0 Å². The first-order valence-corrected chi connectivity index (χ1v) is 17.0. The monoisotopic (exact) mass is 675 g/mol. The molecule has 0 fully saturated rings. The van der Waals surface area contributed by atoms with Crippen molar-refractivity contribution in [2.24, 2.45) is 0 Å². The van der Waals surface area contributed by atoms with Gasteiger partial charge in [-0.2, -0.15) is 0 Å². The molecule has 0 aliphatic rings. The van der Waals surface area contributed by atoms with Crippen LogP contribution in [0.3, 0.4) is 0 Å². The van der Waals surface area contributed by atoms with E-state index in [0.29, 0.717) is 23.2 Å². The van der Waals surface area contributed by atoms with Crippen LogP contribution < -0.4 is 0 Å². The first-order chi connectivity index (χ1) is 25.6. The maximum Gasteiger partial charge on any atom is 0.164 e. The third-order valence-corrected chi connectivity index (χ3v) is 9.71. The number of benzene rings is 7. The Kier molecular flexibility index (Phi) is 6.79. The Morgan fingerprint density at radius 1 is 0.365 bits per heavy atom. The molecule has 3 heterocycles. The number of halogens is 2. The van der Waals surface area contributed by atoms with Crippen molar-refractivity contribution in [3.05, 3.63) is 175 Å². The van der Waals surface area contributed by atoms with Gasteiger partial charge < -0.3 is 9.13 Å². The SMILES string of the molecule is Fc1ccc(-n2c3ccccc3c3ccc4c(c5ccccc5n4-c4ccc(-c5nc(-c6ccccc6)nc(-c6ccccc6)n5)cc4)c32)cc1F. The number of nitrogens with zero attached hydrogens (tertiary/aromatic N) is 5. The van der Waals surface area contributed by atoms with Crippen molar-refractivity contribution in [1.82, 2.24) is 24.1 Å². The largest absolute Gasteiger partial charge is 0.309 e. The minimum atomic E-state index is -0.886. The smallest absolute Gasteiger partial charge is 0.164 e. The van der Waals surface area contributed by atoms with Crippen LogP contribution in [0.25, 0.3) is 89.2 Å². The summed E-state index contributed by atoms with van der Waals surface area (Å²) in [6, 6.07) is 52.9. The van der Waals surface area contributed by atoms with Gasteiger partial charge in [-0.15, -0.1) is 0 Å². The van der Waals surface area contributed by atoms with Crippen molar-refractivity contribution in [2.75, 3.05) is 0 Å². The second kappa shape index (κ2) is 11.8. The Hall–Kier alpha value is -6.99. The summed E-state index contributed by atoms with van der Waals surface area (Å²) in [6.45, 7) is 0. The van der Waals surface area contributed by atoms with E-state index < -0.39 is 11.6 Å². The molecule has 3 aromatic heterocycles. The summed E-state index contributed by atoms with van der Waals surface area (Å²) < 4.78 is 33.2. The van der Waals surface area contributed by atoms with Gasteiger partial charge in [0.1, 0.15) is 0 Å². The van der Waals surface area contributed by atoms with E-state index in [1.807, 2.05) is 108 Å². The first-order valence-electron chi connectivity index (χ1n) is 17.0. The molecule has 7 heteroatoms. The van der Waals surface area contributed by atoms with Gasteiger partial charge in [0.25, 0.3) is 0 Å². The van der Waals surface area contributed by atoms with Crippen molar-refractivity contribution in [1.29, 1.82) is 0 Å². The van der Waals surface area contributed by atoms with E-state index in [-0.39, 0.29) is 0 Å². The van der Waals surface area contributed by atoms with Crippen LogP contribution in [-0.4, -0.2) is 24.1 Å². The highest BCUT2D eigenvalue weighted by Gasteiger charge is 2.21. The van der Waals surface area contributed by atoms with Gasteiger partial charge in [0, 0.05) is 55.7 Å². The molecule has 10 rings (SSSR count). The zero-order chi connectivity index (χ0) is 34.8. The highest BCUT2D eigenvalue weighted by Crippen LogP contribution is 2.42. The molecule has 0 amide bonds. The van der Waals surface area contributed by atoms with Gasteiger partial charge in [0.15, 0.2) is 29.1 Å². The van der Waals surface area contributed by atoms with E-state index in [1.54, 1.807) is 6.07 Å². The fourth-order valence-electron chi connectivity index (χ4n) is 7.38. The topological polar surface area (TPSA) is 48.5 Å². The number of rotatable bonds is 5. The number of hydrogen-bond donors (Lipinski definition) is 0. The van der Waals surface area contributed by atoms with Crippen LogP contribution in [0.4, 0.5) is 8.78 Å². The van der Waals surface area contributed by atoms with Crippen LogP contribution >= 0.6 is 0 Å². The van der Waals surface area contributed by atoms with Crippen LogP contribution in [0.15, 0.2) is 164 Å². The number of fused-ring (bicyclic) bond motifs is 7. The second-order valence-electron chi connectivity index (χ2n) is 12.7. The van der Waals surface area contributed by atoms with Crippen LogP contribution in [0, 0.1) is 11.6 Å². The lowest BCUT2D eigenvalue weighted by atomic mass is 10.1. The first kappa shape index (κ1) is 29.9. The highest BCUT2D eigenvalue weighted by atomic mass is 19.2. The minimum absolute atomic E-state index is 0.556. The summed E-state index contributed by atoms with van der Waals surface area (Å²) in [5.41, 5.74) is 8.08. The summed E-state index contributed by atoms with van der Waals surface area (Å²) in [5.74, 6) is 0.0366. The Morgan fingerprint density at radius 2 is 0.885 bits per heavy atom. The normalized spacial score (nSPS) is 11.7. The predicted octanol–water partition coefficient (Wildman–Crippen LogP) is 11.3. The van der Waals surface area contributed by atoms with Crippen molar-refractivity contribution in [2.45, 2.75) is 0 Å². The third-order valence-electron chi connectivity index (χ3n) is 9.71. The quantitative estimate of drug-likeness (QED) is 0.182. The highest BCUT2D eigenvalue weighted by molar-refractivity contribution is 6.26. The third kappa shape index (κ3) is 4.71. The molecule has 0 aliphatic carbocycles. The predicted molar refractivity (Wildman–Crippen MR) is 205 cm³/mol. The van der Waals surface area contributed by atoms with Gasteiger partial charge >= 0.3 is 0 Å². The molecule has 0 saturated heterocycles. The minimum Gasteiger partial charge on any atom is -0.309 e. The van der Waals surface area contributed by atoms with Gasteiger partial charge in [-0.25, -0.2) is 23.7 Å². The zero-order valence-corrected chi connectivity index (χ0v) is 27.6. The van der Waals surface area contributed by atoms with Gasteiger partial charge in [-0.3, -0.25) is 0 Å². The maximum absolute atomic E-state index is 14.7. The number of hydrogen-bond acceptors (Lipinski definition) is 3. The fraction of sp³-hybridized carbons (Fsp3) is 0. The Morgan fingerprint density at radius 3 is 1.50 bits per heavy atom. The van der Waals surface area contributed by atoms with Crippen molar-refractivity contribution >= 4 is 43.6 Å². The van der Waals surface area contributed by atoms with E-state index in [0.717, 1.165) is 66.0 Å². The summed E-state index contributed by atoms with van der Waals surface area (Å²) >= 11 is 0. The molecule has 0 radical (unpaired) electrons. The van der Waals surface area contributed by atoms with E-state index in [9.17, 15) is 8.78 Å². The van der Waals surface area contributed by atoms with Crippen LogP contribution in [0.1, 0.15) is 0 Å². The van der Waals surface area contributed by atoms with E-state index in [2.05, 4.69) is 47.0 Å². The standard InChI is InChI=1S/C45H27F2N5/c46-36-25-23-32(27-37(36)47)52-38-17-9-7-15-33(38)34-24-26-40-41(42(34)52)35-16-8-10-18-39(35)51(40)31-21-19-30(20-22-31)45-49-43(28-11-3-1-4-12-28)48-44(50-45)29-13-5-2-6-14-29/h1-27H. The van der Waals surface area contributed by atoms with Crippen molar-refractivity contribution in [3.63, 3.8) is 0 Å². The Balaban J connectivity index is 1.18. The molecule has 0 atom stereocenters. The van der Waals surface area contributed by atoms with Crippen LogP contribution in [0.2, 0.25) is 0 Å². The molecular formula is C45H27F2N5. The van der Waals surface area contributed by atoms with Gasteiger partial charge in [0.05, 0.1) is 22.1 Å². The summed E-state index contributed by atoms with van der Waals surface area (Å²) in [5, 5.41) is 4.14. The molecule has 0 bridgehead atoms. The molecule has 0 spiro atoms. The average molecular weight is 676 g/mol. The Bertz CT molecular complexity index is 2910. The summed E-state index contributed by atoms with van der Waals surface area (Å²) in [4.78, 5) is 14.7. The molecule has 0 saturated carbocycles. The lowest BCUT2D eigenvalue weighted by Gasteiger charge is -2.11. The summed E-state index contributed by atoms with van der Waals surface area (Å²) in [7, 11) is 0. The molecule has 0 aliphatic heterocycles. The fourth-order valence-corrected chi connectivity index (χ4v) is 7.38.